The summed E-state index contributed by atoms with van der Waals surface area (Å²) in [6.45, 7) is 0. The van der Waals surface area contributed by atoms with Crippen molar-refractivity contribution >= 4 is 11.8 Å². The van der Waals surface area contributed by atoms with Crippen molar-refractivity contribution in [3.8, 4) is 11.1 Å². The van der Waals surface area contributed by atoms with E-state index in [0.717, 1.165) is 12.2 Å². The Bertz CT molecular complexity index is 579. The number of allylic oxidation sites excluding steroid dienone is 3. The zero-order valence-corrected chi connectivity index (χ0v) is 10.9. The van der Waals surface area contributed by atoms with Crippen LogP contribution >= 0.6 is 11.8 Å². The SMILES string of the molecule is C1=CCSc2cccc(-c3cc[nH]c3)c2CC=C1. The van der Waals surface area contributed by atoms with E-state index in [1.165, 1.54) is 21.6 Å². The van der Waals surface area contributed by atoms with Gasteiger partial charge in [0.15, 0.2) is 0 Å². The molecule has 1 nitrogen and oxygen atoms in total. The van der Waals surface area contributed by atoms with Gasteiger partial charge < -0.3 is 4.98 Å². The lowest BCUT2D eigenvalue weighted by Crippen LogP contribution is -1.91. The molecule has 2 heteroatoms. The third kappa shape index (κ3) is 2.29. The molecule has 1 aliphatic rings. The number of benzene rings is 1. The summed E-state index contributed by atoms with van der Waals surface area (Å²) in [6.07, 6.45) is 13.8. The zero-order valence-electron chi connectivity index (χ0n) is 10.1. The summed E-state index contributed by atoms with van der Waals surface area (Å²) < 4.78 is 0. The standard InChI is InChI=1S/C16H15NS/c1-2-4-11-18-16-8-5-7-14(15(16)6-3-1)13-9-10-17-12-13/h1-5,7-10,12,17H,6,11H2. The maximum absolute atomic E-state index is 3.14. The molecule has 0 atom stereocenters. The number of rotatable bonds is 1. The molecular formula is C16H15NS. The molecule has 3 rings (SSSR count). The third-order valence-corrected chi connectivity index (χ3v) is 4.13. The molecule has 2 aromatic rings. The van der Waals surface area contributed by atoms with Gasteiger partial charge in [-0.3, -0.25) is 0 Å². The predicted octanol–water partition coefficient (Wildman–Crippen LogP) is 4.44. The lowest BCUT2D eigenvalue weighted by molar-refractivity contribution is 1.18. The molecule has 0 amide bonds. The fourth-order valence-electron chi connectivity index (χ4n) is 2.21. The van der Waals surface area contributed by atoms with Crippen LogP contribution in [0.5, 0.6) is 0 Å². The van der Waals surface area contributed by atoms with E-state index in [1.54, 1.807) is 0 Å². The molecule has 0 spiro atoms. The zero-order chi connectivity index (χ0) is 12.2. The minimum absolute atomic E-state index is 0.994. The fraction of sp³-hybridized carbons (Fsp3) is 0.125. The van der Waals surface area contributed by atoms with Crippen LogP contribution in [-0.4, -0.2) is 10.7 Å². The van der Waals surface area contributed by atoms with Crippen molar-refractivity contribution in [2.24, 2.45) is 0 Å². The van der Waals surface area contributed by atoms with Gasteiger partial charge in [-0.05, 0) is 35.2 Å². The van der Waals surface area contributed by atoms with Crippen LogP contribution in [0.3, 0.4) is 0 Å². The molecule has 0 fully saturated rings. The molecule has 0 unspecified atom stereocenters. The highest BCUT2D eigenvalue weighted by atomic mass is 32.2. The van der Waals surface area contributed by atoms with Gasteiger partial charge >= 0.3 is 0 Å². The quantitative estimate of drug-likeness (QED) is 0.794. The average Bonchev–Trinajstić information content (AvgIpc) is 2.94. The minimum Gasteiger partial charge on any atom is -0.367 e. The van der Waals surface area contributed by atoms with Crippen LogP contribution in [0.25, 0.3) is 11.1 Å². The van der Waals surface area contributed by atoms with Crippen LogP contribution in [-0.2, 0) is 6.42 Å². The number of hydrogen-bond donors (Lipinski definition) is 1. The lowest BCUT2D eigenvalue weighted by Gasteiger charge is -2.11. The van der Waals surface area contributed by atoms with E-state index in [2.05, 4.69) is 59.8 Å². The summed E-state index contributed by atoms with van der Waals surface area (Å²) >= 11 is 1.91. The van der Waals surface area contributed by atoms with Gasteiger partial charge in [0.25, 0.3) is 0 Å². The number of thioether (sulfide) groups is 1. The highest BCUT2D eigenvalue weighted by Gasteiger charge is 2.09. The summed E-state index contributed by atoms with van der Waals surface area (Å²) in [7, 11) is 0. The Hall–Kier alpha value is -1.67. The molecule has 1 N–H and O–H groups in total. The highest BCUT2D eigenvalue weighted by Crippen LogP contribution is 2.32. The molecule has 0 saturated heterocycles. The fourth-order valence-corrected chi connectivity index (χ4v) is 3.14. The topological polar surface area (TPSA) is 15.8 Å². The van der Waals surface area contributed by atoms with Gasteiger partial charge in [0.2, 0.25) is 0 Å². The summed E-state index contributed by atoms with van der Waals surface area (Å²) in [5.41, 5.74) is 4.04. The Balaban J connectivity index is 2.09. The van der Waals surface area contributed by atoms with E-state index < -0.39 is 0 Å². The first-order valence-electron chi connectivity index (χ1n) is 6.14. The van der Waals surface area contributed by atoms with Crippen molar-refractivity contribution in [1.29, 1.82) is 0 Å². The Labute approximate surface area is 112 Å². The largest absolute Gasteiger partial charge is 0.367 e. The Morgan fingerprint density at radius 1 is 1.06 bits per heavy atom. The lowest BCUT2D eigenvalue weighted by atomic mass is 9.99. The first-order valence-corrected chi connectivity index (χ1v) is 7.13. The van der Waals surface area contributed by atoms with E-state index in [-0.39, 0.29) is 0 Å². The maximum Gasteiger partial charge on any atom is 0.0164 e. The average molecular weight is 253 g/mol. The van der Waals surface area contributed by atoms with Gasteiger partial charge in [0.05, 0.1) is 0 Å². The van der Waals surface area contributed by atoms with Crippen LogP contribution in [0.2, 0.25) is 0 Å². The van der Waals surface area contributed by atoms with Crippen molar-refractivity contribution < 1.29 is 0 Å². The Morgan fingerprint density at radius 3 is 2.89 bits per heavy atom. The van der Waals surface area contributed by atoms with Gasteiger partial charge in [-0.15, -0.1) is 11.8 Å². The first-order chi connectivity index (χ1) is 8.95. The summed E-state index contributed by atoms with van der Waals surface area (Å²) in [6, 6.07) is 8.72. The van der Waals surface area contributed by atoms with Gasteiger partial charge in [-0.25, -0.2) is 0 Å². The monoisotopic (exact) mass is 253 g/mol. The van der Waals surface area contributed by atoms with Crippen molar-refractivity contribution in [2.75, 3.05) is 5.75 Å². The normalized spacial score (nSPS) is 14.7. The minimum atomic E-state index is 0.994. The summed E-state index contributed by atoms with van der Waals surface area (Å²) in [4.78, 5) is 4.53. The molecule has 1 aromatic heterocycles. The predicted molar refractivity (Wildman–Crippen MR) is 78.9 cm³/mol. The Morgan fingerprint density at radius 2 is 2.00 bits per heavy atom. The second kappa shape index (κ2) is 5.32. The summed E-state index contributed by atoms with van der Waals surface area (Å²) in [5.74, 6) is 1.04. The van der Waals surface area contributed by atoms with Gasteiger partial charge in [-0.2, -0.15) is 0 Å². The van der Waals surface area contributed by atoms with Crippen molar-refractivity contribution in [3.05, 3.63) is 66.5 Å². The van der Waals surface area contributed by atoms with E-state index in [4.69, 9.17) is 0 Å². The molecule has 1 aromatic carbocycles. The smallest absolute Gasteiger partial charge is 0.0164 e. The molecule has 90 valence electrons. The summed E-state index contributed by atoms with van der Waals surface area (Å²) in [5, 5.41) is 0. The number of H-pyrrole nitrogens is 1. The molecule has 2 heterocycles. The van der Waals surface area contributed by atoms with Gasteiger partial charge in [0.1, 0.15) is 0 Å². The van der Waals surface area contributed by atoms with E-state index in [0.29, 0.717) is 0 Å². The second-order valence-corrected chi connectivity index (χ2v) is 5.32. The van der Waals surface area contributed by atoms with Crippen LogP contribution in [0.15, 0.2) is 65.9 Å². The van der Waals surface area contributed by atoms with Crippen molar-refractivity contribution in [3.63, 3.8) is 0 Å². The number of nitrogens with one attached hydrogen (secondary N) is 1. The molecule has 0 saturated carbocycles. The van der Waals surface area contributed by atoms with E-state index in [9.17, 15) is 0 Å². The van der Waals surface area contributed by atoms with Crippen LogP contribution in [0, 0.1) is 0 Å². The van der Waals surface area contributed by atoms with E-state index >= 15 is 0 Å². The molecular weight excluding hydrogens is 238 g/mol. The molecule has 18 heavy (non-hydrogen) atoms. The Kier molecular flexibility index (Phi) is 3.37. The highest BCUT2D eigenvalue weighted by molar-refractivity contribution is 7.99. The first kappa shape index (κ1) is 11.4. The van der Waals surface area contributed by atoms with Crippen molar-refractivity contribution in [1.82, 2.24) is 4.98 Å². The molecule has 0 radical (unpaired) electrons. The molecule has 0 bridgehead atoms. The van der Waals surface area contributed by atoms with Crippen LogP contribution < -0.4 is 0 Å². The molecule has 0 aliphatic carbocycles. The van der Waals surface area contributed by atoms with Crippen molar-refractivity contribution in [2.45, 2.75) is 11.3 Å². The maximum atomic E-state index is 3.14. The van der Waals surface area contributed by atoms with Crippen LogP contribution in [0.4, 0.5) is 0 Å². The number of aromatic nitrogens is 1. The van der Waals surface area contributed by atoms with Gasteiger partial charge in [-0.1, -0.05) is 36.4 Å². The number of fused-ring (bicyclic) bond motifs is 1. The second-order valence-electron chi connectivity index (χ2n) is 4.25. The van der Waals surface area contributed by atoms with Crippen LogP contribution in [0.1, 0.15) is 5.56 Å². The number of hydrogen-bond acceptors (Lipinski definition) is 1. The van der Waals surface area contributed by atoms with E-state index in [1.807, 2.05) is 18.0 Å². The molecule has 1 aliphatic heterocycles. The number of aromatic amines is 1. The third-order valence-electron chi connectivity index (χ3n) is 3.08. The van der Waals surface area contributed by atoms with Gasteiger partial charge in [0, 0.05) is 23.0 Å².